The Kier molecular flexibility index (Phi) is 3.40. The lowest BCUT2D eigenvalue weighted by Crippen LogP contribution is -2.10. The second-order valence-corrected chi connectivity index (χ2v) is 2.93. The average molecular weight is 207 g/mol. The molecular formula is C11H10FNO2. The SMILES string of the molecule is CCOC(=O)c1c(F)ccc(C#N)c1C. The number of halogens is 1. The van der Waals surface area contributed by atoms with E-state index in [9.17, 15) is 9.18 Å². The van der Waals surface area contributed by atoms with Gasteiger partial charge < -0.3 is 4.74 Å². The van der Waals surface area contributed by atoms with Crippen molar-refractivity contribution in [3.63, 3.8) is 0 Å². The van der Waals surface area contributed by atoms with Crippen LogP contribution >= 0.6 is 0 Å². The average Bonchev–Trinajstić information content (AvgIpc) is 2.18. The van der Waals surface area contributed by atoms with E-state index in [0.29, 0.717) is 5.56 Å². The Morgan fingerprint density at radius 2 is 2.27 bits per heavy atom. The summed E-state index contributed by atoms with van der Waals surface area (Å²) in [5, 5.41) is 8.72. The van der Waals surface area contributed by atoms with Crippen LogP contribution in [0.3, 0.4) is 0 Å². The molecule has 0 N–H and O–H groups in total. The number of ether oxygens (including phenoxy) is 1. The van der Waals surface area contributed by atoms with Crippen molar-refractivity contribution < 1.29 is 13.9 Å². The van der Waals surface area contributed by atoms with Gasteiger partial charge >= 0.3 is 5.97 Å². The Bertz CT molecular complexity index is 435. The molecule has 0 aliphatic rings. The zero-order valence-electron chi connectivity index (χ0n) is 8.50. The third-order valence-electron chi connectivity index (χ3n) is 2.01. The van der Waals surface area contributed by atoms with Crippen LogP contribution in [0.1, 0.15) is 28.4 Å². The van der Waals surface area contributed by atoms with Gasteiger partial charge in [-0.15, -0.1) is 0 Å². The summed E-state index contributed by atoms with van der Waals surface area (Å²) in [5.41, 5.74) is 0.436. The monoisotopic (exact) mass is 207 g/mol. The molecular weight excluding hydrogens is 197 g/mol. The molecule has 0 unspecified atom stereocenters. The molecule has 1 aromatic rings. The standard InChI is InChI=1S/C11H10FNO2/c1-3-15-11(14)10-7(2)8(6-13)4-5-9(10)12/h4-5H,3H2,1-2H3. The van der Waals surface area contributed by atoms with Crippen molar-refractivity contribution in [2.45, 2.75) is 13.8 Å². The molecule has 0 amide bonds. The Labute approximate surface area is 87.1 Å². The van der Waals surface area contributed by atoms with E-state index in [2.05, 4.69) is 0 Å². The van der Waals surface area contributed by atoms with E-state index in [1.807, 2.05) is 6.07 Å². The van der Waals surface area contributed by atoms with Gasteiger partial charge in [-0.2, -0.15) is 5.26 Å². The van der Waals surface area contributed by atoms with E-state index in [1.165, 1.54) is 13.0 Å². The van der Waals surface area contributed by atoms with Crippen LogP contribution in [-0.4, -0.2) is 12.6 Å². The van der Waals surface area contributed by atoms with Crippen molar-refractivity contribution in [3.05, 3.63) is 34.6 Å². The van der Waals surface area contributed by atoms with E-state index in [-0.39, 0.29) is 17.7 Å². The largest absolute Gasteiger partial charge is 0.462 e. The smallest absolute Gasteiger partial charge is 0.341 e. The summed E-state index contributed by atoms with van der Waals surface area (Å²) < 4.78 is 18.0. The van der Waals surface area contributed by atoms with Crippen LogP contribution in [-0.2, 0) is 4.74 Å². The summed E-state index contributed by atoms with van der Waals surface area (Å²) in [6.45, 7) is 3.33. The first-order chi connectivity index (χ1) is 7.11. The second-order valence-electron chi connectivity index (χ2n) is 2.93. The van der Waals surface area contributed by atoms with Gasteiger partial charge in [0.2, 0.25) is 0 Å². The van der Waals surface area contributed by atoms with Crippen LogP contribution in [0.5, 0.6) is 0 Å². The lowest BCUT2D eigenvalue weighted by atomic mass is 10.0. The summed E-state index contributed by atoms with van der Waals surface area (Å²) in [5.74, 6) is -1.39. The van der Waals surface area contributed by atoms with Gasteiger partial charge in [-0.1, -0.05) is 0 Å². The highest BCUT2D eigenvalue weighted by Crippen LogP contribution is 2.18. The lowest BCUT2D eigenvalue weighted by Gasteiger charge is -2.07. The third kappa shape index (κ3) is 2.13. The van der Waals surface area contributed by atoms with Crippen molar-refractivity contribution in [1.82, 2.24) is 0 Å². The minimum absolute atomic E-state index is 0.157. The number of nitrogens with zero attached hydrogens (tertiary/aromatic N) is 1. The molecule has 0 aliphatic carbocycles. The normalized spacial score (nSPS) is 9.47. The van der Waals surface area contributed by atoms with Gasteiger partial charge in [-0.3, -0.25) is 0 Å². The molecule has 0 bridgehead atoms. The van der Waals surface area contributed by atoms with E-state index < -0.39 is 11.8 Å². The molecule has 1 aromatic carbocycles. The van der Waals surface area contributed by atoms with E-state index in [0.717, 1.165) is 6.07 Å². The molecule has 0 saturated carbocycles. The minimum atomic E-state index is -0.732. The number of carbonyl (C=O) groups is 1. The first kappa shape index (κ1) is 11.2. The third-order valence-corrected chi connectivity index (χ3v) is 2.01. The number of hydrogen-bond acceptors (Lipinski definition) is 3. The molecule has 78 valence electrons. The van der Waals surface area contributed by atoms with Gasteiger partial charge in [-0.05, 0) is 31.5 Å². The topological polar surface area (TPSA) is 50.1 Å². The molecule has 0 aliphatic heterocycles. The first-order valence-corrected chi connectivity index (χ1v) is 4.48. The highest BCUT2D eigenvalue weighted by atomic mass is 19.1. The van der Waals surface area contributed by atoms with E-state index >= 15 is 0 Å². The first-order valence-electron chi connectivity index (χ1n) is 4.48. The Balaban J connectivity index is 3.28. The Morgan fingerprint density at radius 1 is 1.60 bits per heavy atom. The van der Waals surface area contributed by atoms with Gasteiger partial charge in [0.15, 0.2) is 0 Å². The fraction of sp³-hybridized carbons (Fsp3) is 0.273. The summed E-state index contributed by atoms with van der Waals surface area (Å²) in [6, 6.07) is 4.32. The number of carbonyl (C=O) groups excluding carboxylic acids is 1. The van der Waals surface area contributed by atoms with E-state index in [1.54, 1.807) is 6.92 Å². The van der Waals surface area contributed by atoms with Gasteiger partial charge in [0, 0.05) is 0 Å². The molecule has 0 radical (unpaired) electrons. The second kappa shape index (κ2) is 4.56. The molecule has 15 heavy (non-hydrogen) atoms. The van der Waals surface area contributed by atoms with Crippen LogP contribution in [0.2, 0.25) is 0 Å². The highest BCUT2D eigenvalue weighted by molar-refractivity contribution is 5.92. The summed E-state index contributed by atoms with van der Waals surface area (Å²) in [4.78, 5) is 11.4. The number of esters is 1. The van der Waals surface area contributed by atoms with Crippen LogP contribution in [0, 0.1) is 24.1 Å². The molecule has 0 saturated heterocycles. The van der Waals surface area contributed by atoms with Crippen molar-refractivity contribution in [2.75, 3.05) is 6.61 Å². The number of nitriles is 1. The predicted molar refractivity (Wildman–Crippen MR) is 51.8 cm³/mol. The van der Waals surface area contributed by atoms with Crippen LogP contribution in [0.25, 0.3) is 0 Å². The van der Waals surface area contributed by atoms with Gasteiger partial charge in [0.05, 0.1) is 23.8 Å². The predicted octanol–water partition coefficient (Wildman–Crippen LogP) is 2.18. The number of rotatable bonds is 2. The number of hydrogen-bond donors (Lipinski definition) is 0. The highest BCUT2D eigenvalue weighted by Gasteiger charge is 2.18. The van der Waals surface area contributed by atoms with Crippen LogP contribution in [0.4, 0.5) is 4.39 Å². The molecule has 1 rings (SSSR count). The van der Waals surface area contributed by atoms with Crippen LogP contribution < -0.4 is 0 Å². The molecule has 0 aromatic heterocycles. The van der Waals surface area contributed by atoms with Crippen LogP contribution in [0.15, 0.2) is 12.1 Å². The van der Waals surface area contributed by atoms with Gasteiger partial charge in [-0.25, -0.2) is 9.18 Å². The van der Waals surface area contributed by atoms with Crippen molar-refractivity contribution in [3.8, 4) is 6.07 Å². The van der Waals surface area contributed by atoms with Gasteiger partial charge in [0.25, 0.3) is 0 Å². The fourth-order valence-corrected chi connectivity index (χ4v) is 1.25. The molecule has 0 spiro atoms. The maximum Gasteiger partial charge on any atom is 0.341 e. The fourth-order valence-electron chi connectivity index (χ4n) is 1.25. The molecule has 3 nitrogen and oxygen atoms in total. The molecule has 0 atom stereocenters. The Morgan fingerprint density at radius 3 is 2.80 bits per heavy atom. The zero-order chi connectivity index (χ0) is 11.4. The minimum Gasteiger partial charge on any atom is -0.462 e. The van der Waals surface area contributed by atoms with E-state index in [4.69, 9.17) is 10.00 Å². The maximum atomic E-state index is 13.3. The summed E-state index contributed by atoms with van der Waals surface area (Å²) in [6.07, 6.45) is 0. The van der Waals surface area contributed by atoms with Crippen molar-refractivity contribution >= 4 is 5.97 Å². The Hall–Kier alpha value is -1.89. The molecule has 4 heteroatoms. The number of benzene rings is 1. The summed E-state index contributed by atoms with van der Waals surface area (Å²) in [7, 11) is 0. The van der Waals surface area contributed by atoms with Crippen molar-refractivity contribution in [1.29, 1.82) is 5.26 Å². The zero-order valence-corrected chi connectivity index (χ0v) is 8.50. The molecule has 0 heterocycles. The molecule has 0 fully saturated rings. The summed E-state index contributed by atoms with van der Waals surface area (Å²) >= 11 is 0. The quantitative estimate of drug-likeness (QED) is 0.698. The maximum absolute atomic E-state index is 13.3. The van der Waals surface area contributed by atoms with Gasteiger partial charge in [0.1, 0.15) is 5.82 Å². The lowest BCUT2D eigenvalue weighted by molar-refractivity contribution is 0.0520. The van der Waals surface area contributed by atoms with Crippen molar-refractivity contribution in [2.24, 2.45) is 0 Å².